The van der Waals surface area contributed by atoms with E-state index in [0.717, 1.165) is 5.56 Å². The molecule has 0 aliphatic carbocycles. The van der Waals surface area contributed by atoms with Gasteiger partial charge in [-0.1, -0.05) is 0 Å². The number of benzene rings is 1. The third kappa shape index (κ3) is 1.59. The maximum atomic E-state index is 13.2. The van der Waals surface area contributed by atoms with Crippen molar-refractivity contribution in [3.05, 3.63) is 29.6 Å². The second-order valence-electron chi connectivity index (χ2n) is 4.22. The lowest BCUT2D eigenvalue weighted by Crippen LogP contribution is -2.32. The fourth-order valence-electron chi connectivity index (χ4n) is 2.02. The van der Waals surface area contributed by atoms with Gasteiger partial charge < -0.3 is 10.1 Å². The first-order valence-corrected chi connectivity index (χ1v) is 5.18. The molecule has 0 bridgehead atoms. The lowest BCUT2D eigenvalue weighted by Gasteiger charge is -2.21. The molecule has 0 fully saturated rings. The van der Waals surface area contributed by atoms with Crippen molar-refractivity contribution in [1.29, 1.82) is 0 Å². The van der Waals surface area contributed by atoms with E-state index in [1.165, 1.54) is 12.1 Å². The smallest absolute Gasteiger partial charge is 0.234 e. The Kier molecular flexibility index (Phi) is 2.68. The standard InChI is InChI=1S/C12H14FNO2/c1-12(5-6-16-2)9-7-8(13)3-4-10(9)14-11(12)15/h3-4,7H,5-6H2,1-2H3,(H,14,15). The molecule has 86 valence electrons. The van der Waals surface area contributed by atoms with Gasteiger partial charge in [0, 0.05) is 19.4 Å². The third-order valence-corrected chi connectivity index (χ3v) is 3.13. The largest absolute Gasteiger partial charge is 0.385 e. The van der Waals surface area contributed by atoms with Crippen LogP contribution in [0, 0.1) is 5.82 Å². The quantitative estimate of drug-likeness (QED) is 0.851. The van der Waals surface area contributed by atoms with Crippen molar-refractivity contribution < 1.29 is 13.9 Å². The molecule has 3 nitrogen and oxygen atoms in total. The van der Waals surface area contributed by atoms with Crippen molar-refractivity contribution in [2.75, 3.05) is 19.0 Å². The van der Waals surface area contributed by atoms with Crippen LogP contribution in [-0.4, -0.2) is 19.6 Å². The van der Waals surface area contributed by atoms with E-state index in [1.807, 2.05) is 6.92 Å². The lowest BCUT2D eigenvalue weighted by atomic mass is 9.81. The molecule has 0 saturated heterocycles. The number of ether oxygens (including phenoxy) is 1. The SMILES string of the molecule is COCCC1(C)C(=O)Nc2ccc(F)cc21. The van der Waals surface area contributed by atoms with Crippen LogP contribution in [0.2, 0.25) is 0 Å². The van der Waals surface area contributed by atoms with E-state index in [-0.39, 0.29) is 11.7 Å². The van der Waals surface area contributed by atoms with Crippen LogP contribution >= 0.6 is 0 Å². The molecule has 1 atom stereocenters. The molecule has 1 aromatic carbocycles. The first kappa shape index (κ1) is 11.1. The number of hydrogen-bond acceptors (Lipinski definition) is 2. The van der Waals surface area contributed by atoms with Crippen molar-refractivity contribution in [3.63, 3.8) is 0 Å². The van der Waals surface area contributed by atoms with Gasteiger partial charge in [0.2, 0.25) is 5.91 Å². The maximum absolute atomic E-state index is 13.2. The summed E-state index contributed by atoms with van der Waals surface area (Å²) in [4.78, 5) is 11.9. The van der Waals surface area contributed by atoms with Crippen molar-refractivity contribution >= 4 is 11.6 Å². The van der Waals surface area contributed by atoms with Gasteiger partial charge in [-0.3, -0.25) is 4.79 Å². The molecule has 0 saturated carbocycles. The number of amides is 1. The van der Waals surface area contributed by atoms with Gasteiger partial charge in [0.25, 0.3) is 0 Å². The summed E-state index contributed by atoms with van der Waals surface area (Å²) in [5.74, 6) is -0.413. The Hall–Kier alpha value is -1.42. The van der Waals surface area contributed by atoms with Crippen LogP contribution in [0.25, 0.3) is 0 Å². The van der Waals surface area contributed by atoms with E-state index < -0.39 is 5.41 Å². The molecule has 0 radical (unpaired) electrons. The summed E-state index contributed by atoms with van der Waals surface area (Å²) in [6.45, 7) is 2.28. The van der Waals surface area contributed by atoms with Crippen LogP contribution in [0.1, 0.15) is 18.9 Å². The Labute approximate surface area is 93.6 Å². The zero-order valence-corrected chi connectivity index (χ0v) is 9.34. The zero-order valence-electron chi connectivity index (χ0n) is 9.34. The summed E-state index contributed by atoms with van der Waals surface area (Å²) < 4.78 is 18.2. The number of halogens is 1. The molecule has 2 rings (SSSR count). The summed E-state index contributed by atoms with van der Waals surface area (Å²) in [6, 6.07) is 4.37. The molecule has 1 aliphatic rings. The van der Waals surface area contributed by atoms with Gasteiger partial charge in [-0.05, 0) is 37.1 Å². The molecular weight excluding hydrogens is 209 g/mol. The third-order valence-electron chi connectivity index (χ3n) is 3.13. The van der Waals surface area contributed by atoms with Crippen LogP contribution in [0.5, 0.6) is 0 Å². The maximum Gasteiger partial charge on any atom is 0.234 e. The van der Waals surface area contributed by atoms with Crippen molar-refractivity contribution in [3.8, 4) is 0 Å². The van der Waals surface area contributed by atoms with E-state index in [1.54, 1.807) is 13.2 Å². The highest BCUT2D eigenvalue weighted by molar-refractivity contribution is 6.05. The van der Waals surface area contributed by atoms with Crippen molar-refractivity contribution in [2.24, 2.45) is 0 Å². The first-order chi connectivity index (χ1) is 7.58. The van der Waals surface area contributed by atoms with Gasteiger partial charge in [-0.25, -0.2) is 4.39 Å². The Morgan fingerprint density at radius 1 is 1.50 bits per heavy atom. The second kappa shape index (κ2) is 3.87. The van der Waals surface area contributed by atoms with Gasteiger partial charge >= 0.3 is 0 Å². The molecular formula is C12H14FNO2. The number of hydrogen-bond donors (Lipinski definition) is 1. The lowest BCUT2D eigenvalue weighted by molar-refractivity contribution is -0.120. The predicted molar refractivity (Wildman–Crippen MR) is 58.9 cm³/mol. The minimum absolute atomic E-state index is 0.0925. The summed E-state index contributed by atoms with van der Waals surface area (Å²) in [6.07, 6.45) is 0.547. The van der Waals surface area contributed by atoms with Crippen LogP contribution in [-0.2, 0) is 14.9 Å². The van der Waals surface area contributed by atoms with Crippen LogP contribution in [0.15, 0.2) is 18.2 Å². The van der Waals surface area contributed by atoms with E-state index in [0.29, 0.717) is 18.7 Å². The Bertz CT molecular complexity index is 433. The van der Waals surface area contributed by atoms with Gasteiger partial charge in [-0.15, -0.1) is 0 Å². The van der Waals surface area contributed by atoms with Gasteiger partial charge in [-0.2, -0.15) is 0 Å². The highest BCUT2D eigenvalue weighted by Gasteiger charge is 2.42. The van der Waals surface area contributed by atoms with E-state index in [4.69, 9.17) is 4.74 Å². The number of nitrogens with one attached hydrogen (secondary N) is 1. The molecule has 1 aliphatic heterocycles. The Morgan fingerprint density at radius 3 is 2.94 bits per heavy atom. The van der Waals surface area contributed by atoms with Gasteiger partial charge in [0.05, 0.1) is 5.41 Å². The van der Waals surface area contributed by atoms with Crippen LogP contribution < -0.4 is 5.32 Å². The van der Waals surface area contributed by atoms with Crippen molar-refractivity contribution in [2.45, 2.75) is 18.8 Å². The summed E-state index contributed by atoms with van der Waals surface area (Å²) in [5.41, 5.74) is 0.729. The van der Waals surface area contributed by atoms with Crippen LogP contribution in [0.3, 0.4) is 0 Å². The molecule has 1 aromatic rings. The molecule has 1 unspecified atom stereocenters. The Balaban J connectivity index is 2.41. The van der Waals surface area contributed by atoms with Crippen molar-refractivity contribution in [1.82, 2.24) is 0 Å². The van der Waals surface area contributed by atoms with E-state index in [9.17, 15) is 9.18 Å². The number of carbonyl (C=O) groups excluding carboxylic acids is 1. The Morgan fingerprint density at radius 2 is 2.25 bits per heavy atom. The van der Waals surface area contributed by atoms with Gasteiger partial charge in [0.15, 0.2) is 0 Å². The normalized spacial score (nSPS) is 23.1. The minimum Gasteiger partial charge on any atom is -0.385 e. The molecule has 1 heterocycles. The minimum atomic E-state index is -0.687. The van der Waals surface area contributed by atoms with E-state index >= 15 is 0 Å². The highest BCUT2D eigenvalue weighted by atomic mass is 19.1. The monoisotopic (exact) mass is 223 g/mol. The van der Waals surface area contributed by atoms with Gasteiger partial charge in [0.1, 0.15) is 5.82 Å². The molecule has 0 spiro atoms. The average Bonchev–Trinajstić information content (AvgIpc) is 2.50. The molecule has 1 N–H and O–H groups in total. The number of methoxy groups -OCH3 is 1. The fraction of sp³-hybridized carbons (Fsp3) is 0.417. The number of anilines is 1. The molecule has 16 heavy (non-hydrogen) atoms. The average molecular weight is 223 g/mol. The summed E-state index contributed by atoms with van der Waals surface area (Å²) in [5, 5.41) is 2.76. The number of rotatable bonds is 3. The number of carbonyl (C=O) groups is 1. The molecule has 0 aromatic heterocycles. The number of fused-ring (bicyclic) bond motifs is 1. The zero-order chi connectivity index (χ0) is 11.8. The molecule has 4 heteroatoms. The fourth-order valence-corrected chi connectivity index (χ4v) is 2.02. The topological polar surface area (TPSA) is 38.3 Å². The highest BCUT2D eigenvalue weighted by Crippen LogP contribution is 2.40. The first-order valence-electron chi connectivity index (χ1n) is 5.18. The van der Waals surface area contributed by atoms with Crippen LogP contribution in [0.4, 0.5) is 10.1 Å². The summed E-state index contributed by atoms with van der Waals surface area (Å²) in [7, 11) is 1.59. The second-order valence-corrected chi connectivity index (χ2v) is 4.22. The van der Waals surface area contributed by atoms with E-state index in [2.05, 4.69) is 5.32 Å². The molecule has 1 amide bonds. The predicted octanol–water partition coefficient (Wildman–Crippen LogP) is 2.07. The summed E-state index contributed by atoms with van der Waals surface area (Å²) >= 11 is 0.